The Kier molecular flexibility index (Phi) is 14.2. The van der Waals surface area contributed by atoms with Crippen LogP contribution in [0, 0.1) is 11.3 Å². The number of Topliss-reactive ketones (excluding diaryl/α,β-unsaturated/α-hetero) is 1. The molecule has 51 heavy (non-hydrogen) atoms. The number of carbonyl (C=O) groups excluding carboxylic acids is 3. The molecule has 2 atom stereocenters. The average Bonchev–Trinajstić information content (AvgIpc) is 3.10. The van der Waals surface area contributed by atoms with Gasteiger partial charge >= 0.3 is 0 Å². The zero-order valence-corrected chi connectivity index (χ0v) is 31.5. The molecule has 8 nitrogen and oxygen atoms in total. The molecule has 0 aromatic heterocycles. The molecular weight excluding hydrogens is 657 g/mol. The smallest absolute Gasteiger partial charge is 0.243 e. The first-order valence-corrected chi connectivity index (χ1v) is 18.9. The molecule has 0 spiro atoms. The van der Waals surface area contributed by atoms with Crippen LogP contribution in [0.5, 0.6) is 0 Å². The van der Waals surface area contributed by atoms with Gasteiger partial charge in [-0.25, -0.2) is 0 Å². The van der Waals surface area contributed by atoms with Gasteiger partial charge in [0.2, 0.25) is 11.8 Å². The zero-order chi connectivity index (χ0) is 37.0. The predicted octanol–water partition coefficient (Wildman–Crippen LogP) is 7.13. The zero-order valence-electron chi connectivity index (χ0n) is 30.7. The van der Waals surface area contributed by atoms with Gasteiger partial charge in [-0.05, 0) is 53.7 Å². The molecule has 0 radical (unpaired) electrons. The molecule has 3 aromatic carbocycles. The topological polar surface area (TPSA) is 134 Å². The maximum absolute atomic E-state index is 13.4. The van der Waals surface area contributed by atoms with Crippen molar-refractivity contribution in [1.82, 2.24) is 10.6 Å². The Labute approximate surface area is 307 Å². The standard InChI is InChI=1S/C42H54N4O4S/c1-29(2)25-34(38-36(47)26-41(3,4)27-37(38)48)45-24-16-15-23-33(43)39(49)46-35(40(50)44-5)28-51-42(30-17-9-6-10-18-30,31-19-11-7-12-20-31)32-21-13-8-14-22-32/h6-14,17-22,29,33,35,47H,15-16,23-28,43H2,1-5H3,(H,44,50)(H,46,49). The number of unbranched alkanes of at least 4 members (excludes halogenated alkanes) is 1. The number of nitrogens with one attached hydrogen (secondary N) is 2. The summed E-state index contributed by atoms with van der Waals surface area (Å²) in [6.45, 7) is 8.57. The highest BCUT2D eigenvalue weighted by Crippen LogP contribution is 2.48. The number of amides is 2. The number of thioether (sulfide) groups is 1. The fourth-order valence-corrected chi connectivity index (χ4v) is 8.24. The second-order valence-electron chi connectivity index (χ2n) is 14.6. The van der Waals surface area contributed by atoms with Crippen LogP contribution < -0.4 is 16.4 Å². The summed E-state index contributed by atoms with van der Waals surface area (Å²) in [6, 6.07) is 29.0. The van der Waals surface area contributed by atoms with Gasteiger partial charge in [-0.1, -0.05) is 119 Å². The van der Waals surface area contributed by atoms with E-state index in [0.717, 1.165) is 16.7 Å². The van der Waals surface area contributed by atoms with Gasteiger partial charge in [-0.15, -0.1) is 11.8 Å². The van der Waals surface area contributed by atoms with Gasteiger partial charge < -0.3 is 21.5 Å². The molecule has 9 heteroatoms. The molecule has 2 amide bonds. The highest BCUT2D eigenvalue weighted by Gasteiger charge is 2.39. The number of ketones is 1. The molecule has 272 valence electrons. The van der Waals surface area contributed by atoms with Crippen LogP contribution in [0.3, 0.4) is 0 Å². The van der Waals surface area contributed by atoms with Crippen LogP contribution in [0.1, 0.15) is 82.9 Å². The third-order valence-electron chi connectivity index (χ3n) is 9.19. The van der Waals surface area contributed by atoms with E-state index in [4.69, 9.17) is 10.7 Å². The van der Waals surface area contributed by atoms with Crippen molar-refractivity contribution in [1.29, 1.82) is 0 Å². The normalized spacial score (nSPS) is 16.1. The second-order valence-corrected chi connectivity index (χ2v) is 15.8. The first kappa shape index (κ1) is 39.6. The molecule has 0 bridgehead atoms. The van der Waals surface area contributed by atoms with E-state index >= 15 is 0 Å². The Bertz CT molecular complexity index is 1580. The number of nitrogens with zero attached hydrogens (tertiary/aromatic N) is 1. The van der Waals surface area contributed by atoms with E-state index in [0.29, 0.717) is 62.1 Å². The average molecular weight is 711 g/mol. The van der Waals surface area contributed by atoms with E-state index in [9.17, 15) is 19.5 Å². The summed E-state index contributed by atoms with van der Waals surface area (Å²) in [6.07, 6.45) is 3.16. The SMILES string of the molecule is CNC(=O)C(CSC(c1ccccc1)(c1ccccc1)c1ccccc1)NC(=O)C(N)CCCCN=C(CC(C)C)C1=C(O)CC(C)(C)CC1=O. The van der Waals surface area contributed by atoms with Gasteiger partial charge in [-0.3, -0.25) is 19.4 Å². The molecule has 3 aromatic rings. The van der Waals surface area contributed by atoms with Crippen molar-refractivity contribution in [3.8, 4) is 0 Å². The molecule has 0 aliphatic heterocycles. The predicted molar refractivity (Wildman–Crippen MR) is 209 cm³/mol. The Balaban J connectivity index is 1.44. The minimum atomic E-state index is -0.823. The molecule has 1 aliphatic rings. The maximum atomic E-state index is 13.4. The number of rotatable bonds is 17. The lowest BCUT2D eigenvalue weighted by Crippen LogP contribution is -2.52. The molecule has 5 N–H and O–H groups in total. The monoisotopic (exact) mass is 710 g/mol. The lowest BCUT2D eigenvalue weighted by molar-refractivity contribution is -0.128. The van der Waals surface area contributed by atoms with Crippen molar-refractivity contribution in [2.24, 2.45) is 22.1 Å². The molecule has 0 fully saturated rings. The van der Waals surface area contributed by atoms with Crippen molar-refractivity contribution in [3.63, 3.8) is 0 Å². The number of allylic oxidation sites excluding steroid dienone is 2. The number of likely N-dealkylation sites (N-methyl/N-ethyl adjacent to an activating group) is 1. The van der Waals surface area contributed by atoms with E-state index in [1.54, 1.807) is 18.8 Å². The van der Waals surface area contributed by atoms with Crippen molar-refractivity contribution in [3.05, 3.63) is 119 Å². The number of hydrogen-bond donors (Lipinski definition) is 4. The van der Waals surface area contributed by atoms with Crippen molar-refractivity contribution < 1.29 is 19.5 Å². The van der Waals surface area contributed by atoms with E-state index < -0.39 is 16.8 Å². The number of hydrogen-bond acceptors (Lipinski definition) is 7. The highest BCUT2D eigenvalue weighted by atomic mass is 32.2. The van der Waals surface area contributed by atoms with Gasteiger partial charge in [0, 0.05) is 37.9 Å². The minimum absolute atomic E-state index is 0.0563. The van der Waals surface area contributed by atoms with E-state index in [1.807, 2.05) is 68.4 Å². The number of aliphatic hydroxyl groups excluding tert-OH is 1. The fraction of sp³-hybridized carbons (Fsp3) is 0.429. The van der Waals surface area contributed by atoms with Gasteiger partial charge in [0.25, 0.3) is 0 Å². The number of aliphatic hydroxyl groups is 1. The lowest BCUT2D eigenvalue weighted by atomic mass is 9.75. The quantitative estimate of drug-likeness (QED) is 0.0670. The largest absolute Gasteiger partial charge is 0.511 e. The maximum Gasteiger partial charge on any atom is 0.243 e. The molecule has 2 unspecified atom stereocenters. The number of carbonyl (C=O) groups is 3. The molecule has 4 rings (SSSR count). The summed E-state index contributed by atoms with van der Waals surface area (Å²) in [5.41, 5.74) is 10.3. The number of benzene rings is 3. The van der Waals surface area contributed by atoms with Gasteiger partial charge in [0.15, 0.2) is 5.78 Å². The van der Waals surface area contributed by atoms with Crippen LogP contribution in [-0.2, 0) is 19.1 Å². The van der Waals surface area contributed by atoms with Gasteiger partial charge in [0.1, 0.15) is 11.8 Å². The molecule has 1 aliphatic carbocycles. The van der Waals surface area contributed by atoms with Crippen LogP contribution in [0.15, 0.2) is 107 Å². The van der Waals surface area contributed by atoms with Crippen molar-refractivity contribution >= 4 is 35.1 Å². The molecular formula is C42H54N4O4S. The Hall–Kier alpha value is -4.21. The molecule has 0 saturated carbocycles. The first-order valence-electron chi connectivity index (χ1n) is 17.9. The van der Waals surface area contributed by atoms with Gasteiger partial charge in [-0.2, -0.15) is 0 Å². The van der Waals surface area contributed by atoms with E-state index in [-0.39, 0.29) is 34.7 Å². The van der Waals surface area contributed by atoms with Crippen molar-refractivity contribution in [2.45, 2.75) is 83.1 Å². The summed E-state index contributed by atoms with van der Waals surface area (Å²) >= 11 is 1.60. The lowest BCUT2D eigenvalue weighted by Gasteiger charge is -2.36. The van der Waals surface area contributed by atoms with E-state index in [1.165, 1.54) is 0 Å². The van der Waals surface area contributed by atoms with Crippen LogP contribution in [0.2, 0.25) is 0 Å². The van der Waals surface area contributed by atoms with Crippen LogP contribution >= 0.6 is 11.8 Å². The third kappa shape index (κ3) is 10.4. The van der Waals surface area contributed by atoms with Crippen LogP contribution in [0.4, 0.5) is 0 Å². The highest BCUT2D eigenvalue weighted by molar-refractivity contribution is 8.00. The Morgan fingerprint density at radius 1 is 0.882 bits per heavy atom. The third-order valence-corrected chi connectivity index (χ3v) is 10.8. The summed E-state index contributed by atoms with van der Waals surface area (Å²) in [4.78, 5) is 44.4. The number of aliphatic imine (C=N–C) groups is 1. The first-order chi connectivity index (χ1) is 24.4. The summed E-state index contributed by atoms with van der Waals surface area (Å²) in [5.74, 6) is -0.0396. The van der Waals surface area contributed by atoms with E-state index in [2.05, 4.69) is 60.9 Å². The minimum Gasteiger partial charge on any atom is -0.511 e. The van der Waals surface area contributed by atoms with Gasteiger partial charge in [0.05, 0.1) is 16.4 Å². The fourth-order valence-electron chi connectivity index (χ4n) is 6.68. The molecule has 0 saturated heterocycles. The van der Waals surface area contributed by atoms with Crippen LogP contribution in [-0.4, -0.2) is 59.8 Å². The van der Waals surface area contributed by atoms with Crippen molar-refractivity contribution in [2.75, 3.05) is 19.3 Å². The Morgan fingerprint density at radius 2 is 1.41 bits per heavy atom. The second kappa shape index (κ2) is 18.3. The number of nitrogens with two attached hydrogens (primary N) is 1. The molecule has 0 heterocycles. The Morgan fingerprint density at radius 3 is 1.88 bits per heavy atom. The summed E-state index contributed by atoms with van der Waals surface area (Å²) in [7, 11) is 1.57. The van der Waals surface area contributed by atoms with Crippen LogP contribution in [0.25, 0.3) is 0 Å². The summed E-state index contributed by atoms with van der Waals surface area (Å²) in [5, 5.41) is 16.4. The summed E-state index contributed by atoms with van der Waals surface area (Å²) < 4.78 is -0.650.